The van der Waals surface area contributed by atoms with Crippen LogP contribution in [0.4, 0.5) is 0 Å². The SMILES string of the molecule is CC1(CNCC2(N)CCCCC2)CCCO1. The summed E-state index contributed by atoms with van der Waals surface area (Å²) >= 11 is 0. The number of rotatable bonds is 4. The average Bonchev–Trinajstić information content (AvgIpc) is 2.66. The minimum absolute atomic E-state index is 0.0488. The second-order valence-electron chi connectivity index (χ2n) is 5.93. The maximum Gasteiger partial charge on any atom is 0.0779 e. The van der Waals surface area contributed by atoms with Gasteiger partial charge in [-0.05, 0) is 32.6 Å². The van der Waals surface area contributed by atoms with Crippen LogP contribution >= 0.6 is 0 Å². The first kappa shape index (κ1) is 12.3. The van der Waals surface area contributed by atoms with Crippen molar-refractivity contribution in [2.24, 2.45) is 5.73 Å². The van der Waals surface area contributed by atoms with Crippen LogP contribution in [0.15, 0.2) is 0 Å². The van der Waals surface area contributed by atoms with Crippen LogP contribution in [-0.2, 0) is 4.74 Å². The lowest BCUT2D eigenvalue weighted by atomic mass is 9.82. The minimum atomic E-state index is 0.0488. The van der Waals surface area contributed by atoms with E-state index in [4.69, 9.17) is 10.5 Å². The molecule has 0 radical (unpaired) electrons. The number of nitrogens with one attached hydrogen (secondary N) is 1. The summed E-state index contributed by atoms with van der Waals surface area (Å²) in [6.45, 7) is 5.03. The quantitative estimate of drug-likeness (QED) is 0.768. The van der Waals surface area contributed by atoms with Gasteiger partial charge in [-0.1, -0.05) is 19.3 Å². The van der Waals surface area contributed by atoms with Gasteiger partial charge < -0.3 is 15.8 Å². The zero-order valence-electron chi connectivity index (χ0n) is 10.6. The van der Waals surface area contributed by atoms with Gasteiger partial charge in [0, 0.05) is 25.2 Å². The Balaban J connectivity index is 1.70. The van der Waals surface area contributed by atoms with Gasteiger partial charge in [0.2, 0.25) is 0 Å². The summed E-state index contributed by atoms with van der Waals surface area (Å²) in [6, 6.07) is 0. The molecule has 0 amide bonds. The highest BCUT2D eigenvalue weighted by Crippen LogP contribution is 2.26. The van der Waals surface area contributed by atoms with E-state index in [1.807, 2.05) is 0 Å². The van der Waals surface area contributed by atoms with Crippen LogP contribution in [0.1, 0.15) is 51.9 Å². The lowest BCUT2D eigenvalue weighted by Gasteiger charge is -2.35. The molecule has 3 N–H and O–H groups in total. The van der Waals surface area contributed by atoms with E-state index in [2.05, 4.69) is 12.2 Å². The van der Waals surface area contributed by atoms with Crippen molar-refractivity contribution in [1.82, 2.24) is 5.32 Å². The molecule has 1 aliphatic heterocycles. The van der Waals surface area contributed by atoms with Gasteiger partial charge in [0.05, 0.1) is 5.60 Å². The second kappa shape index (κ2) is 5.03. The molecular formula is C13H26N2O. The molecule has 1 atom stereocenters. The van der Waals surface area contributed by atoms with E-state index < -0.39 is 0 Å². The van der Waals surface area contributed by atoms with E-state index in [1.54, 1.807) is 0 Å². The van der Waals surface area contributed by atoms with Crippen LogP contribution in [0.3, 0.4) is 0 Å². The fourth-order valence-electron chi connectivity index (χ4n) is 2.98. The lowest BCUT2D eigenvalue weighted by Crippen LogP contribution is -2.52. The first-order valence-electron chi connectivity index (χ1n) is 6.76. The number of hydrogen-bond donors (Lipinski definition) is 2. The van der Waals surface area contributed by atoms with Crippen LogP contribution in [0.2, 0.25) is 0 Å². The molecule has 2 fully saturated rings. The normalized spacial score (nSPS) is 34.1. The molecule has 94 valence electrons. The van der Waals surface area contributed by atoms with Crippen molar-refractivity contribution >= 4 is 0 Å². The van der Waals surface area contributed by atoms with Crippen LogP contribution in [-0.4, -0.2) is 30.8 Å². The molecule has 0 bridgehead atoms. The van der Waals surface area contributed by atoms with E-state index in [0.717, 1.165) is 19.7 Å². The first-order valence-corrected chi connectivity index (χ1v) is 6.76. The summed E-state index contributed by atoms with van der Waals surface area (Å²) in [4.78, 5) is 0. The van der Waals surface area contributed by atoms with Gasteiger partial charge in [-0.15, -0.1) is 0 Å². The summed E-state index contributed by atoms with van der Waals surface area (Å²) in [5, 5.41) is 3.53. The van der Waals surface area contributed by atoms with Gasteiger partial charge in [-0.2, -0.15) is 0 Å². The molecule has 2 aliphatic rings. The van der Waals surface area contributed by atoms with Crippen LogP contribution in [0.5, 0.6) is 0 Å². The number of nitrogens with two attached hydrogens (primary N) is 1. The third kappa shape index (κ3) is 3.19. The average molecular weight is 226 g/mol. The Morgan fingerprint density at radius 1 is 1.06 bits per heavy atom. The van der Waals surface area contributed by atoms with Crippen molar-refractivity contribution in [2.45, 2.75) is 63.0 Å². The molecule has 0 aromatic heterocycles. The smallest absolute Gasteiger partial charge is 0.0779 e. The minimum Gasteiger partial charge on any atom is -0.374 e. The maximum atomic E-state index is 6.38. The first-order chi connectivity index (χ1) is 7.62. The molecule has 3 nitrogen and oxygen atoms in total. The molecular weight excluding hydrogens is 200 g/mol. The van der Waals surface area contributed by atoms with Crippen molar-refractivity contribution in [1.29, 1.82) is 0 Å². The number of ether oxygens (including phenoxy) is 1. The van der Waals surface area contributed by atoms with E-state index in [1.165, 1.54) is 44.9 Å². The fraction of sp³-hybridized carbons (Fsp3) is 1.00. The van der Waals surface area contributed by atoms with Gasteiger partial charge in [0.1, 0.15) is 0 Å². The van der Waals surface area contributed by atoms with Gasteiger partial charge >= 0.3 is 0 Å². The molecule has 3 heteroatoms. The largest absolute Gasteiger partial charge is 0.374 e. The Labute approximate surface area is 99.1 Å². The summed E-state index contributed by atoms with van der Waals surface area (Å²) in [7, 11) is 0. The zero-order chi connectivity index (χ0) is 11.5. The third-order valence-electron chi connectivity index (χ3n) is 4.13. The van der Waals surface area contributed by atoms with Gasteiger partial charge in [-0.3, -0.25) is 0 Å². The summed E-state index contributed by atoms with van der Waals surface area (Å²) in [6.07, 6.45) is 8.69. The van der Waals surface area contributed by atoms with Crippen LogP contribution < -0.4 is 11.1 Å². The third-order valence-corrected chi connectivity index (χ3v) is 4.13. The molecule has 1 saturated heterocycles. The predicted octanol–water partition coefficient (Wildman–Crippen LogP) is 1.81. The molecule has 0 aromatic rings. The molecule has 0 aromatic carbocycles. The maximum absolute atomic E-state index is 6.38. The van der Waals surface area contributed by atoms with Gasteiger partial charge in [0.15, 0.2) is 0 Å². The summed E-state index contributed by atoms with van der Waals surface area (Å²) in [5.74, 6) is 0. The van der Waals surface area contributed by atoms with Crippen molar-refractivity contribution in [3.8, 4) is 0 Å². The van der Waals surface area contributed by atoms with Crippen LogP contribution in [0.25, 0.3) is 0 Å². The van der Waals surface area contributed by atoms with Crippen LogP contribution in [0, 0.1) is 0 Å². The topological polar surface area (TPSA) is 47.3 Å². The zero-order valence-corrected chi connectivity index (χ0v) is 10.6. The Hall–Kier alpha value is -0.120. The molecule has 2 rings (SSSR count). The van der Waals surface area contributed by atoms with Crippen molar-refractivity contribution < 1.29 is 4.74 Å². The Morgan fingerprint density at radius 2 is 1.81 bits per heavy atom. The second-order valence-corrected chi connectivity index (χ2v) is 5.93. The Bertz CT molecular complexity index is 218. The van der Waals surface area contributed by atoms with Gasteiger partial charge in [0.25, 0.3) is 0 Å². The highest BCUT2D eigenvalue weighted by Gasteiger charge is 2.31. The summed E-state index contributed by atoms with van der Waals surface area (Å²) in [5.41, 5.74) is 6.49. The van der Waals surface area contributed by atoms with Gasteiger partial charge in [-0.25, -0.2) is 0 Å². The standard InChI is InChI=1S/C13H26N2O/c1-12(6-5-9-16-12)10-15-11-13(14)7-3-2-4-8-13/h15H,2-11,14H2,1H3. The van der Waals surface area contributed by atoms with Crippen molar-refractivity contribution in [3.63, 3.8) is 0 Å². The summed E-state index contributed by atoms with van der Waals surface area (Å²) < 4.78 is 5.76. The monoisotopic (exact) mass is 226 g/mol. The molecule has 1 aliphatic carbocycles. The number of hydrogen-bond acceptors (Lipinski definition) is 3. The van der Waals surface area contributed by atoms with Crippen molar-refractivity contribution in [2.75, 3.05) is 19.7 Å². The molecule has 1 saturated carbocycles. The lowest BCUT2D eigenvalue weighted by molar-refractivity contribution is 0.0196. The highest BCUT2D eigenvalue weighted by molar-refractivity contribution is 4.91. The van der Waals surface area contributed by atoms with E-state index >= 15 is 0 Å². The predicted molar refractivity (Wildman–Crippen MR) is 66.5 cm³/mol. The van der Waals surface area contributed by atoms with E-state index in [-0.39, 0.29) is 11.1 Å². The molecule has 1 heterocycles. The molecule has 16 heavy (non-hydrogen) atoms. The Morgan fingerprint density at radius 3 is 2.44 bits per heavy atom. The Kier molecular flexibility index (Phi) is 3.88. The highest BCUT2D eigenvalue weighted by atomic mass is 16.5. The van der Waals surface area contributed by atoms with Crippen molar-refractivity contribution in [3.05, 3.63) is 0 Å². The van der Waals surface area contributed by atoms with E-state index in [9.17, 15) is 0 Å². The molecule has 1 unspecified atom stereocenters. The van der Waals surface area contributed by atoms with E-state index in [0.29, 0.717) is 0 Å². The molecule has 0 spiro atoms. The fourth-order valence-corrected chi connectivity index (χ4v) is 2.98.